The van der Waals surface area contributed by atoms with Crippen molar-refractivity contribution in [2.45, 2.75) is 141 Å². The van der Waals surface area contributed by atoms with E-state index in [2.05, 4.69) is 78.9 Å². The van der Waals surface area contributed by atoms with Crippen LogP contribution in [0.5, 0.6) is 0 Å². The number of thiol groups is 4. The second-order valence-electron chi connectivity index (χ2n) is 12.9. The third kappa shape index (κ3) is 33.9. The van der Waals surface area contributed by atoms with Gasteiger partial charge in [0.2, 0.25) is 0 Å². The summed E-state index contributed by atoms with van der Waals surface area (Å²) in [7, 11) is 0. The van der Waals surface area contributed by atoms with Crippen LogP contribution in [0, 0.1) is 11.8 Å². The summed E-state index contributed by atoms with van der Waals surface area (Å²) in [5, 5.41) is 9.50. The molecule has 8 heteroatoms. The molecule has 0 radical (unpaired) electrons. The van der Waals surface area contributed by atoms with Crippen molar-refractivity contribution in [3.8, 4) is 0 Å². The van der Waals surface area contributed by atoms with Crippen LogP contribution in [0.4, 0.5) is 0 Å². The molecule has 0 saturated carbocycles. The Morgan fingerprint density at radius 3 is 1.09 bits per heavy atom. The molecule has 0 aliphatic rings. The molecule has 2 atom stereocenters. The smallest absolute Gasteiger partial charge is 0.0558 e. The SMILES string of the molecule is OCCN(CCCCCCCCCCCSCC(CS)CCCS)CCCCCCCCCCCSCC(CS)CCCS. The van der Waals surface area contributed by atoms with E-state index in [-0.39, 0.29) is 0 Å². The second-order valence-corrected chi connectivity index (χ2v) is 16.8. The van der Waals surface area contributed by atoms with Gasteiger partial charge in [-0.1, -0.05) is 89.9 Å². The zero-order chi connectivity index (χ0) is 32.2. The van der Waals surface area contributed by atoms with Crippen molar-refractivity contribution >= 4 is 74.0 Å². The molecule has 0 rings (SSSR count). The van der Waals surface area contributed by atoms with Crippen LogP contribution in [0.15, 0.2) is 0 Å². The van der Waals surface area contributed by atoms with E-state index in [0.29, 0.717) is 6.61 Å². The van der Waals surface area contributed by atoms with E-state index in [9.17, 15) is 5.11 Å². The van der Waals surface area contributed by atoms with Gasteiger partial charge in [0.05, 0.1) is 6.61 Å². The lowest BCUT2D eigenvalue weighted by Crippen LogP contribution is -2.29. The summed E-state index contributed by atoms with van der Waals surface area (Å²) in [4.78, 5) is 2.51. The van der Waals surface area contributed by atoms with Gasteiger partial charge in [0.1, 0.15) is 0 Å². The van der Waals surface area contributed by atoms with Gasteiger partial charge in [-0.05, 0) is 122 Å². The Hall–Kier alpha value is 2.02. The normalized spacial score (nSPS) is 13.2. The molecule has 0 saturated heterocycles. The van der Waals surface area contributed by atoms with Crippen LogP contribution in [0.25, 0.3) is 0 Å². The van der Waals surface area contributed by atoms with Crippen molar-refractivity contribution < 1.29 is 5.11 Å². The first-order valence-electron chi connectivity index (χ1n) is 18.6. The number of nitrogens with zero attached hydrogens (tertiary/aromatic N) is 1. The summed E-state index contributed by atoms with van der Waals surface area (Å²) in [5.41, 5.74) is 0. The lowest BCUT2D eigenvalue weighted by Gasteiger charge is -2.21. The first-order chi connectivity index (χ1) is 21.7. The van der Waals surface area contributed by atoms with Crippen LogP contribution in [0.1, 0.15) is 141 Å². The second kappa shape index (κ2) is 39.5. The lowest BCUT2D eigenvalue weighted by molar-refractivity contribution is 0.190. The lowest BCUT2D eigenvalue weighted by atomic mass is 10.1. The molecule has 266 valence electrons. The number of aliphatic hydroxyl groups is 1. The van der Waals surface area contributed by atoms with Crippen LogP contribution < -0.4 is 0 Å². The molecule has 0 fully saturated rings. The van der Waals surface area contributed by atoms with Gasteiger partial charge in [-0.15, -0.1) is 0 Å². The van der Waals surface area contributed by atoms with E-state index in [1.807, 2.05) is 0 Å². The molecule has 0 aromatic heterocycles. The number of aliphatic hydroxyl groups excluding tert-OH is 1. The van der Waals surface area contributed by atoms with Gasteiger partial charge in [-0.25, -0.2) is 0 Å². The van der Waals surface area contributed by atoms with Crippen LogP contribution in [0.2, 0.25) is 0 Å². The number of hydrogen-bond acceptors (Lipinski definition) is 8. The van der Waals surface area contributed by atoms with E-state index in [1.54, 1.807) is 0 Å². The number of thioether (sulfide) groups is 2. The Labute approximate surface area is 307 Å². The first kappa shape index (κ1) is 46.0. The summed E-state index contributed by atoms with van der Waals surface area (Å²) in [5.74, 6) is 10.8. The fourth-order valence-electron chi connectivity index (χ4n) is 5.75. The summed E-state index contributed by atoms with van der Waals surface area (Å²) < 4.78 is 0. The van der Waals surface area contributed by atoms with E-state index < -0.39 is 0 Å². The minimum atomic E-state index is 0.300. The van der Waals surface area contributed by atoms with Crippen molar-refractivity contribution in [3.63, 3.8) is 0 Å². The van der Waals surface area contributed by atoms with Crippen molar-refractivity contribution in [2.75, 3.05) is 72.3 Å². The summed E-state index contributed by atoms with van der Waals surface area (Å²) >= 11 is 22.0. The highest BCUT2D eigenvalue weighted by atomic mass is 32.2. The van der Waals surface area contributed by atoms with Crippen LogP contribution in [-0.2, 0) is 0 Å². The third-order valence-electron chi connectivity index (χ3n) is 8.71. The molecule has 0 aliphatic heterocycles. The quantitative estimate of drug-likeness (QED) is 0.0323. The average Bonchev–Trinajstić information content (AvgIpc) is 3.04. The molecule has 2 unspecified atom stereocenters. The van der Waals surface area contributed by atoms with Gasteiger partial charge in [-0.3, -0.25) is 0 Å². The molecule has 0 spiro atoms. The third-order valence-corrected chi connectivity index (χ3v) is 12.9. The maximum atomic E-state index is 9.50. The monoisotopic (exact) mass is 729 g/mol. The maximum absolute atomic E-state index is 9.50. The van der Waals surface area contributed by atoms with E-state index in [0.717, 1.165) is 41.4 Å². The molecule has 0 aromatic carbocycles. The zero-order valence-electron chi connectivity index (χ0n) is 28.7. The van der Waals surface area contributed by atoms with Gasteiger partial charge in [0, 0.05) is 6.54 Å². The Bertz CT molecular complexity index is 491. The summed E-state index contributed by atoms with van der Waals surface area (Å²) in [6, 6.07) is 0. The Morgan fingerprint density at radius 2 is 0.773 bits per heavy atom. The Kier molecular flexibility index (Phi) is 41.3. The molecule has 2 nitrogen and oxygen atoms in total. The highest BCUT2D eigenvalue weighted by molar-refractivity contribution is 7.99. The van der Waals surface area contributed by atoms with Crippen molar-refractivity contribution in [2.24, 2.45) is 11.8 Å². The predicted octanol–water partition coefficient (Wildman–Crippen LogP) is 11.3. The minimum Gasteiger partial charge on any atom is -0.395 e. The van der Waals surface area contributed by atoms with Crippen LogP contribution in [0.3, 0.4) is 0 Å². The number of hydrogen-bond donors (Lipinski definition) is 5. The summed E-state index contributed by atoms with van der Waals surface area (Å²) in [6.45, 7) is 3.50. The van der Waals surface area contributed by atoms with Gasteiger partial charge < -0.3 is 10.0 Å². The maximum Gasteiger partial charge on any atom is 0.0558 e. The van der Waals surface area contributed by atoms with Crippen molar-refractivity contribution in [3.05, 3.63) is 0 Å². The van der Waals surface area contributed by atoms with Crippen molar-refractivity contribution in [1.82, 2.24) is 4.90 Å². The van der Waals surface area contributed by atoms with E-state index in [4.69, 9.17) is 0 Å². The number of unbranched alkanes of at least 4 members (excludes halogenated alkanes) is 16. The Morgan fingerprint density at radius 1 is 0.432 bits per heavy atom. The molecule has 0 amide bonds. The van der Waals surface area contributed by atoms with Gasteiger partial charge in [0.25, 0.3) is 0 Å². The van der Waals surface area contributed by atoms with E-state index in [1.165, 1.54) is 177 Å². The minimum absolute atomic E-state index is 0.300. The predicted molar refractivity (Wildman–Crippen MR) is 222 cm³/mol. The van der Waals surface area contributed by atoms with Crippen molar-refractivity contribution in [1.29, 1.82) is 0 Å². The van der Waals surface area contributed by atoms with Crippen LogP contribution in [-0.4, -0.2) is 82.3 Å². The van der Waals surface area contributed by atoms with Crippen LogP contribution >= 0.6 is 74.0 Å². The van der Waals surface area contributed by atoms with Gasteiger partial charge in [0.15, 0.2) is 0 Å². The van der Waals surface area contributed by atoms with Gasteiger partial charge >= 0.3 is 0 Å². The fraction of sp³-hybridized carbons (Fsp3) is 1.00. The molecule has 1 N–H and O–H groups in total. The molecule has 0 bridgehead atoms. The zero-order valence-corrected chi connectivity index (χ0v) is 33.9. The highest BCUT2D eigenvalue weighted by Gasteiger charge is 2.08. The Balaban J connectivity index is 3.48. The molecule has 0 aromatic rings. The molecular formula is C36H75NOS6. The molecule has 44 heavy (non-hydrogen) atoms. The highest BCUT2D eigenvalue weighted by Crippen LogP contribution is 2.20. The standard InChI is InChI=1S/C36H75NOS6/c38-26-25-37(23-15-11-7-3-1-5-9-13-17-29-43-33-35(31-41)21-19-27-39)24-16-12-8-4-2-6-10-14-18-30-44-34-36(32-42)22-20-28-40/h35-36,38-42H,1-34H2. The number of rotatable bonds is 38. The average molecular weight is 730 g/mol. The molecular weight excluding hydrogens is 655 g/mol. The van der Waals surface area contributed by atoms with Gasteiger partial charge in [-0.2, -0.15) is 74.0 Å². The largest absolute Gasteiger partial charge is 0.395 e. The van der Waals surface area contributed by atoms with E-state index >= 15 is 0 Å². The fourth-order valence-corrected chi connectivity index (χ4v) is 9.47. The first-order valence-corrected chi connectivity index (χ1v) is 23.5. The topological polar surface area (TPSA) is 23.5 Å². The summed E-state index contributed by atoms with van der Waals surface area (Å²) in [6.07, 6.45) is 29.9. The molecule has 0 aliphatic carbocycles. The molecule has 0 heterocycles.